The van der Waals surface area contributed by atoms with E-state index in [1.165, 1.54) is 30.5 Å². The molecular weight excluding hydrogens is 373 g/mol. The van der Waals surface area contributed by atoms with Crippen LogP contribution in [0.3, 0.4) is 0 Å². The van der Waals surface area contributed by atoms with Gasteiger partial charge in [0.15, 0.2) is 0 Å². The number of rotatable bonds is 3. The van der Waals surface area contributed by atoms with E-state index in [2.05, 4.69) is 25.1 Å². The van der Waals surface area contributed by atoms with E-state index in [1.54, 1.807) is 24.7 Å². The zero-order chi connectivity index (χ0) is 19.8. The summed E-state index contributed by atoms with van der Waals surface area (Å²) in [4.78, 5) is 24.4. The highest BCUT2D eigenvalue weighted by atomic mass is 19.1. The molecule has 0 aliphatic rings. The van der Waals surface area contributed by atoms with Gasteiger partial charge in [-0.3, -0.25) is 9.78 Å². The van der Waals surface area contributed by atoms with Crippen molar-refractivity contribution in [3.63, 3.8) is 0 Å². The third-order valence-electron chi connectivity index (χ3n) is 4.49. The molecule has 29 heavy (non-hydrogen) atoms. The molecule has 5 rings (SSSR count). The van der Waals surface area contributed by atoms with Crippen molar-refractivity contribution in [1.29, 1.82) is 0 Å². The number of benzene rings is 1. The van der Waals surface area contributed by atoms with E-state index in [1.807, 2.05) is 12.1 Å². The first-order valence-electron chi connectivity index (χ1n) is 8.71. The van der Waals surface area contributed by atoms with Gasteiger partial charge in [-0.15, -0.1) is 10.2 Å². The van der Waals surface area contributed by atoms with Gasteiger partial charge in [0.2, 0.25) is 11.3 Å². The van der Waals surface area contributed by atoms with E-state index in [0.717, 1.165) is 11.1 Å². The SMILES string of the molecule is O=c1c(-c2nnc(-c3ccc(F)cc3)o2)c[nH]c2ncc(-c3ccncc3)cc12. The van der Waals surface area contributed by atoms with E-state index in [0.29, 0.717) is 16.6 Å². The summed E-state index contributed by atoms with van der Waals surface area (Å²) in [6.07, 6.45) is 6.53. The molecule has 4 heterocycles. The summed E-state index contributed by atoms with van der Waals surface area (Å²) in [6, 6.07) is 11.1. The van der Waals surface area contributed by atoms with E-state index in [-0.39, 0.29) is 28.6 Å². The smallest absolute Gasteiger partial charge is 0.253 e. The summed E-state index contributed by atoms with van der Waals surface area (Å²) in [5.74, 6) is -0.0955. The Morgan fingerprint density at radius 3 is 2.45 bits per heavy atom. The van der Waals surface area contributed by atoms with Gasteiger partial charge in [0.25, 0.3) is 5.89 Å². The molecule has 0 saturated heterocycles. The number of nitrogens with zero attached hydrogens (tertiary/aromatic N) is 4. The van der Waals surface area contributed by atoms with Crippen LogP contribution in [-0.4, -0.2) is 25.1 Å². The Kier molecular flexibility index (Phi) is 3.94. The lowest BCUT2D eigenvalue weighted by Gasteiger charge is -2.04. The summed E-state index contributed by atoms with van der Waals surface area (Å²) < 4.78 is 18.8. The molecule has 0 aliphatic carbocycles. The number of nitrogens with one attached hydrogen (secondary N) is 1. The van der Waals surface area contributed by atoms with Gasteiger partial charge in [-0.25, -0.2) is 9.37 Å². The van der Waals surface area contributed by atoms with Gasteiger partial charge in [0.05, 0.1) is 5.39 Å². The van der Waals surface area contributed by atoms with Crippen molar-refractivity contribution >= 4 is 11.0 Å². The van der Waals surface area contributed by atoms with Crippen LogP contribution in [0.5, 0.6) is 0 Å². The molecule has 1 N–H and O–H groups in total. The summed E-state index contributed by atoms with van der Waals surface area (Å²) in [6.45, 7) is 0. The third-order valence-corrected chi connectivity index (χ3v) is 4.49. The van der Waals surface area contributed by atoms with Gasteiger partial charge in [-0.05, 0) is 48.0 Å². The maximum Gasteiger partial charge on any atom is 0.253 e. The largest absolute Gasteiger partial charge is 0.416 e. The van der Waals surface area contributed by atoms with Gasteiger partial charge in [0, 0.05) is 35.9 Å². The number of aromatic nitrogens is 5. The fourth-order valence-corrected chi connectivity index (χ4v) is 3.01. The van der Waals surface area contributed by atoms with Crippen LogP contribution < -0.4 is 5.43 Å². The molecule has 0 unspecified atom stereocenters. The van der Waals surface area contributed by atoms with Gasteiger partial charge < -0.3 is 9.40 Å². The second-order valence-corrected chi connectivity index (χ2v) is 6.31. The zero-order valence-corrected chi connectivity index (χ0v) is 14.8. The Balaban J connectivity index is 1.60. The number of fused-ring (bicyclic) bond motifs is 1. The molecule has 0 bridgehead atoms. The average Bonchev–Trinajstić information content (AvgIpc) is 3.25. The number of halogens is 1. The highest BCUT2D eigenvalue weighted by molar-refractivity contribution is 5.83. The standard InChI is InChI=1S/C21H12FN5O2/c22-15-3-1-13(2-4-15)20-26-27-21(29-20)17-11-25-19-16(18(17)28)9-14(10-24-19)12-5-7-23-8-6-12/h1-11H,(H,24,25,28). The number of hydrogen-bond donors (Lipinski definition) is 1. The van der Waals surface area contributed by atoms with Gasteiger partial charge in [-0.2, -0.15) is 0 Å². The first-order valence-corrected chi connectivity index (χ1v) is 8.71. The lowest BCUT2D eigenvalue weighted by molar-refractivity contribution is 0.583. The Hall–Kier alpha value is -4.20. The molecule has 0 aliphatic heterocycles. The van der Waals surface area contributed by atoms with Crippen molar-refractivity contribution in [3.05, 3.63) is 83.3 Å². The molecule has 5 aromatic rings. The maximum atomic E-state index is 13.1. The zero-order valence-electron chi connectivity index (χ0n) is 14.8. The van der Waals surface area contributed by atoms with Crippen molar-refractivity contribution in [2.24, 2.45) is 0 Å². The highest BCUT2D eigenvalue weighted by Gasteiger charge is 2.16. The Morgan fingerprint density at radius 1 is 0.897 bits per heavy atom. The van der Waals surface area contributed by atoms with Gasteiger partial charge >= 0.3 is 0 Å². The molecule has 1 aromatic carbocycles. The second-order valence-electron chi connectivity index (χ2n) is 6.31. The van der Waals surface area contributed by atoms with Crippen LogP contribution in [0.1, 0.15) is 0 Å². The summed E-state index contributed by atoms with van der Waals surface area (Å²) in [7, 11) is 0. The van der Waals surface area contributed by atoms with E-state index in [9.17, 15) is 9.18 Å². The fraction of sp³-hybridized carbons (Fsp3) is 0. The van der Waals surface area contributed by atoms with Crippen molar-refractivity contribution in [3.8, 4) is 34.0 Å². The van der Waals surface area contributed by atoms with Crippen LogP contribution in [-0.2, 0) is 0 Å². The van der Waals surface area contributed by atoms with Gasteiger partial charge in [-0.1, -0.05) is 0 Å². The topological polar surface area (TPSA) is 97.6 Å². The average molecular weight is 385 g/mol. The molecule has 0 atom stereocenters. The number of H-pyrrole nitrogens is 1. The molecule has 8 heteroatoms. The molecule has 4 aromatic heterocycles. The minimum absolute atomic E-state index is 0.0711. The molecule has 0 fully saturated rings. The molecule has 0 saturated carbocycles. The van der Waals surface area contributed by atoms with E-state index in [4.69, 9.17) is 4.42 Å². The molecule has 0 amide bonds. The maximum absolute atomic E-state index is 13.1. The van der Waals surface area contributed by atoms with Crippen molar-refractivity contribution in [2.75, 3.05) is 0 Å². The quantitative estimate of drug-likeness (QED) is 0.507. The first kappa shape index (κ1) is 16.9. The van der Waals surface area contributed by atoms with Crippen molar-refractivity contribution in [1.82, 2.24) is 25.1 Å². The molecule has 140 valence electrons. The van der Waals surface area contributed by atoms with Crippen LogP contribution in [0.2, 0.25) is 0 Å². The van der Waals surface area contributed by atoms with Crippen LogP contribution in [0.25, 0.3) is 45.1 Å². The Morgan fingerprint density at radius 2 is 1.66 bits per heavy atom. The lowest BCUT2D eigenvalue weighted by Crippen LogP contribution is -2.07. The van der Waals surface area contributed by atoms with Crippen LogP contribution in [0, 0.1) is 5.82 Å². The summed E-state index contributed by atoms with van der Waals surface area (Å²) in [5, 5.41) is 8.34. The third kappa shape index (κ3) is 3.06. The van der Waals surface area contributed by atoms with Gasteiger partial charge in [0.1, 0.15) is 17.0 Å². The lowest BCUT2D eigenvalue weighted by atomic mass is 10.1. The van der Waals surface area contributed by atoms with E-state index >= 15 is 0 Å². The molecule has 0 radical (unpaired) electrons. The predicted octanol–water partition coefficient (Wildman–Crippen LogP) is 3.84. The summed E-state index contributed by atoms with van der Waals surface area (Å²) in [5.41, 5.74) is 2.65. The Labute approximate surface area is 162 Å². The number of aromatic amines is 1. The molecule has 0 spiro atoms. The molecular formula is C21H12FN5O2. The highest BCUT2D eigenvalue weighted by Crippen LogP contribution is 2.24. The predicted molar refractivity (Wildman–Crippen MR) is 104 cm³/mol. The number of hydrogen-bond acceptors (Lipinski definition) is 6. The first-order chi connectivity index (χ1) is 14.2. The fourth-order valence-electron chi connectivity index (χ4n) is 3.01. The number of pyridine rings is 3. The van der Waals surface area contributed by atoms with Crippen LogP contribution >= 0.6 is 0 Å². The Bertz CT molecular complexity index is 1380. The van der Waals surface area contributed by atoms with Crippen molar-refractivity contribution in [2.45, 2.75) is 0 Å². The minimum Gasteiger partial charge on any atom is -0.416 e. The van der Waals surface area contributed by atoms with Crippen LogP contribution in [0.15, 0.2) is 76.5 Å². The minimum atomic E-state index is -0.364. The molecule has 7 nitrogen and oxygen atoms in total. The second kappa shape index (κ2) is 6.75. The summed E-state index contributed by atoms with van der Waals surface area (Å²) >= 11 is 0. The van der Waals surface area contributed by atoms with Crippen LogP contribution in [0.4, 0.5) is 4.39 Å². The van der Waals surface area contributed by atoms with E-state index < -0.39 is 0 Å². The normalized spacial score (nSPS) is 11.1. The monoisotopic (exact) mass is 385 g/mol. The van der Waals surface area contributed by atoms with Crippen molar-refractivity contribution < 1.29 is 8.81 Å².